The molecule has 0 unspecified atom stereocenters. The van der Waals surface area contributed by atoms with Gasteiger partial charge in [-0.3, -0.25) is 9.59 Å². The average molecular weight is 360 g/mol. The van der Waals surface area contributed by atoms with E-state index in [1.54, 1.807) is 18.2 Å². The van der Waals surface area contributed by atoms with Gasteiger partial charge in [0.25, 0.3) is 5.91 Å². The lowest BCUT2D eigenvalue weighted by molar-refractivity contribution is -0.126. The Morgan fingerprint density at radius 1 is 1.20 bits per heavy atom. The molecule has 0 spiro atoms. The van der Waals surface area contributed by atoms with Crippen LogP contribution in [0.25, 0.3) is 0 Å². The molecule has 0 radical (unpaired) electrons. The van der Waals surface area contributed by atoms with E-state index < -0.39 is 0 Å². The van der Waals surface area contributed by atoms with Gasteiger partial charge in [-0.2, -0.15) is 11.3 Å². The number of halogens is 1. The predicted molar refractivity (Wildman–Crippen MR) is 96.1 cm³/mol. The van der Waals surface area contributed by atoms with E-state index in [9.17, 15) is 14.0 Å². The van der Waals surface area contributed by atoms with E-state index in [0.29, 0.717) is 44.5 Å². The van der Waals surface area contributed by atoms with Gasteiger partial charge in [0.15, 0.2) is 0 Å². The van der Waals surface area contributed by atoms with Gasteiger partial charge in [-0.15, -0.1) is 0 Å². The number of piperidine rings is 1. The number of benzene rings is 1. The molecule has 0 atom stereocenters. The first-order valence-corrected chi connectivity index (χ1v) is 9.42. The minimum atomic E-state index is -0.239. The molecule has 1 aliphatic heterocycles. The van der Waals surface area contributed by atoms with Crippen LogP contribution in [0.2, 0.25) is 0 Å². The van der Waals surface area contributed by atoms with E-state index in [0.717, 1.165) is 5.56 Å². The standard InChI is InChI=1S/C19H21FN2O2S/c20-17-4-2-1-3-14(17)5-9-21-18(23)15-6-10-22(11-7-15)19(24)16-8-12-25-13-16/h1-4,8,12-13,15H,5-7,9-11H2,(H,21,23). The lowest BCUT2D eigenvalue weighted by atomic mass is 9.95. The molecule has 3 rings (SSSR count). The summed E-state index contributed by atoms with van der Waals surface area (Å²) in [6, 6.07) is 8.44. The summed E-state index contributed by atoms with van der Waals surface area (Å²) < 4.78 is 13.6. The van der Waals surface area contributed by atoms with E-state index >= 15 is 0 Å². The van der Waals surface area contributed by atoms with Crippen LogP contribution in [0.1, 0.15) is 28.8 Å². The summed E-state index contributed by atoms with van der Waals surface area (Å²) in [4.78, 5) is 26.4. The van der Waals surface area contributed by atoms with Gasteiger partial charge in [0.1, 0.15) is 5.82 Å². The van der Waals surface area contributed by atoms with Crippen molar-refractivity contribution < 1.29 is 14.0 Å². The number of nitrogens with one attached hydrogen (secondary N) is 1. The SMILES string of the molecule is O=C(NCCc1ccccc1F)C1CCN(C(=O)c2ccsc2)CC1. The number of amides is 2. The van der Waals surface area contributed by atoms with Crippen molar-refractivity contribution in [3.05, 3.63) is 58.0 Å². The van der Waals surface area contributed by atoms with Crippen LogP contribution in [0.15, 0.2) is 41.1 Å². The maximum atomic E-state index is 13.6. The van der Waals surface area contributed by atoms with Gasteiger partial charge in [-0.05, 0) is 42.3 Å². The van der Waals surface area contributed by atoms with Crippen molar-refractivity contribution >= 4 is 23.2 Å². The zero-order chi connectivity index (χ0) is 17.6. The van der Waals surface area contributed by atoms with Crippen LogP contribution in [-0.2, 0) is 11.2 Å². The van der Waals surface area contributed by atoms with Crippen molar-refractivity contribution in [3.63, 3.8) is 0 Å². The molecule has 2 amide bonds. The molecule has 4 nitrogen and oxygen atoms in total. The minimum Gasteiger partial charge on any atom is -0.356 e. The van der Waals surface area contributed by atoms with Gasteiger partial charge < -0.3 is 10.2 Å². The summed E-state index contributed by atoms with van der Waals surface area (Å²) in [6.45, 7) is 1.62. The first-order valence-electron chi connectivity index (χ1n) is 8.48. The molecule has 0 aliphatic carbocycles. The maximum absolute atomic E-state index is 13.6. The molecular weight excluding hydrogens is 339 g/mol. The first kappa shape index (κ1) is 17.6. The van der Waals surface area contributed by atoms with E-state index in [2.05, 4.69) is 5.32 Å². The van der Waals surface area contributed by atoms with E-state index in [1.165, 1.54) is 17.4 Å². The number of rotatable bonds is 5. The van der Waals surface area contributed by atoms with Crippen molar-refractivity contribution in [3.8, 4) is 0 Å². The van der Waals surface area contributed by atoms with Crippen molar-refractivity contribution in [2.45, 2.75) is 19.3 Å². The average Bonchev–Trinajstić information content (AvgIpc) is 3.17. The lowest BCUT2D eigenvalue weighted by Gasteiger charge is -2.31. The number of nitrogens with zero attached hydrogens (tertiary/aromatic N) is 1. The Balaban J connectivity index is 1.42. The highest BCUT2D eigenvalue weighted by molar-refractivity contribution is 7.08. The van der Waals surface area contributed by atoms with Gasteiger partial charge in [0.2, 0.25) is 5.91 Å². The summed E-state index contributed by atoms with van der Waals surface area (Å²) in [5.41, 5.74) is 1.33. The highest BCUT2D eigenvalue weighted by atomic mass is 32.1. The normalized spacial score (nSPS) is 15.2. The fourth-order valence-corrected chi connectivity index (χ4v) is 3.71. The lowest BCUT2D eigenvalue weighted by Crippen LogP contribution is -2.43. The molecule has 1 aliphatic rings. The van der Waals surface area contributed by atoms with Gasteiger partial charge >= 0.3 is 0 Å². The van der Waals surface area contributed by atoms with Gasteiger partial charge in [-0.25, -0.2) is 4.39 Å². The van der Waals surface area contributed by atoms with Crippen LogP contribution in [0.4, 0.5) is 4.39 Å². The van der Waals surface area contributed by atoms with Gasteiger partial charge in [0.05, 0.1) is 5.56 Å². The number of carbonyl (C=O) groups is 2. The van der Waals surface area contributed by atoms with Crippen LogP contribution >= 0.6 is 11.3 Å². The second-order valence-electron chi connectivity index (χ2n) is 6.21. The summed E-state index contributed by atoms with van der Waals surface area (Å²) in [7, 11) is 0. The molecule has 1 saturated heterocycles. The highest BCUT2D eigenvalue weighted by Crippen LogP contribution is 2.20. The molecule has 1 aromatic carbocycles. The van der Waals surface area contributed by atoms with Crippen molar-refractivity contribution in [1.82, 2.24) is 10.2 Å². The summed E-state index contributed by atoms with van der Waals surface area (Å²) in [6.07, 6.45) is 1.82. The molecule has 2 aromatic rings. The first-order chi connectivity index (χ1) is 12.1. The molecule has 1 aromatic heterocycles. The van der Waals surface area contributed by atoms with Crippen LogP contribution in [-0.4, -0.2) is 36.3 Å². The van der Waals surface area contributed by atoms with Crippen molar-refractivity contribution in [2.75, 3.05) is 19.6 Å². The molecule has 2 heterocycles. The Hall–Kier alpha value is -2.21. The number of hydrogen-bond acceptors (Lipinski definition) is 3. The van der Waals surface area contributed by atoms with Crippen LogP contribution in [0, 0.1) is 11.7 Å². The van der Waals surface area contributed by atoms with Gasteiger partial charge in [-0.1, -0.05) is 18.2 Å². The summed E-state index contributed by atoms with van der Waals surface area (Å²) in [5.74, 6) is -0.275. The summed E-state index contributed by atoms with van der Waals surface area (Å²) in [5, 5.41) is 6.64. The molecule has 25 heavy (non-hydrogen) atoms. The Kier molecular flexibility index (Phi) is 5.81. The minimum absolute atomic E-state index is 0.000952. The fraction of sp³-hybridized carbons (Fsp3) is 0.368. The zero-order valence-corrected chi connectivity index (χ0v) is 14.7. The Morgan fingerprint density at radius 3 is 2.64 bits per heavy atom. The summed E-state index contributed by atoms with van der Waals surface area (Å²) >= 11 is 1.51. The molecule has 1 fully saturated rings. The van der Waals surface area contributed by atoms with E-state index in [1.807, 2.05) is 21.7 Å². The number of likely N-dealkylation sites (tertiary alicyclic amines) is 1. The zero-order valence-electron chi connectivity index (χ0n) is 13.9. The quantitative estimate of drug-likeness (QED) is 0.891. The highest BCUT2D eigenvalue weighted by Gasteiger charge is 2.27. The van der Waals surface area contributed by atoms with E-state index in [4.69, 9.17) is 0 Å². The van der Waals surface area contributed by atoms with Crippen LogP contribution in [0.5, 0.6) is 0 Å². The molecule has 0 saturated carbocycles. The topological polar surface area (TPSA) is 49.4 Å². The second kappa shape index (κ2) is 8.25. The Labute approximate surface area is 150 Å². The molecule has 6 heteroatoms. The molecule has 132 valence electrons. The largest absolute Gasteiger partial charge is 0.356 e. The maximum Gasteiger partial charge on any atom is 0.254 e. The third-order valence-corrected chi connectivity index (χ3v) is 5.26. The van der Waals surface area contributed by atoms with Crippen LogP contribution < -0.4 is 5.32 Å². The number of carbonyl (C=O) groups excluding carboxylic acids is 2. The van der Waals surface area contributed by atoms with Crippen molar-refractivity contribution in [2.24, 2.45) is 5.92 Å². The van der Waals surface area contributed by atoms with Crippen molar-refractivity contribution in [1.29, 1.82) is 0 Å². The molecular formula is C19H21FN2O2S. The van der Waals surface area contributed by atoms with Gasteiger partial charge in [0, 0.05) is 30.9 Å². The monoisotopic (exact) mass is 360 g/mol. The smallest absolute Gasteiger partial charge is 0.254 e. The predicted octanol–water partition coefficient (Wildman–Crippen LogP) is 3.10. The van der Waals surface area contributed by atoms with E-state index in [-0.39, 0.29) is 23.5 Å². The fourth-order valence-electron chi connectivity index (χ4n) is 3.08. The third-order valence-electron chi connectivity index (χ3n) is 4.57. The Morgan fingerprint density at radius 2 is 1.96 bits per heavy atom. The van der Waals surface area contributed by atoms with Crippen LogP contribution in [0.3, 0.4) is 0 Å². The second-order valence-corrected chi connectivity index (χ2v) is 6.99. The Bertz CT molecular complexity index is 725. The number of thiophene rings is 1. The third kappa shape index (κ3) is 4.45. The number of hydrogen-bond donors (Lipinski definition) is 1. The molecule has 0 bridgehead atoms. The molecule has 1 N–H and O–H groups in total.